The molecule has 0 aromatic heterocycles. The Bertz CT molecular complexity index is 480. The van der Waals surface area contributed by atoms with Crippen LogP contribution in [-0.4, -0.2) is 29.9 Å². The molecule has 1 atom stereocenters. The monoisotopic (exact) mass is 272 g/mol. The minimum absolute atomic E-state index is 0.00748. The van der Waals surface area contributed by atoms with Crippen LogP contribution in [-0.2, 0) is 4.79 Å². The van der Waals surface area contributed by atoms with Gasteiger partial charge in [0.2, 0.25) is 5.91 Å². The third-order valence-electron chi connectivity index (χ3n) is 4.77. The van der Waals surface area contributed by atoms with E-state index in [1.165, 1.54) is 37.7 Å². The van der Waals surface area contributed by atoms with E-state index in [-0.39, 0.29) is 5.92 Å². The van der Waals surface area contributed by atoms with Crippen LogP contribution in [0.2, 0.25) is 0 Å². The van der Waals surface area contributed by atoms with Crippen LogP contribution >= 0.6 is 0 Å². The van der Waals surface area contributed by atoms with E-state index in [1.807, 2.05) is 12.1 Å². The molecule has 1 aromatic carbocycles. The van der Waals surface area contributed by atoms with Gasteiger partial charge in [0.25, 0.3) is 0 Å². The second-order valence-electron chi connectivity index (χ2n) is 5.94. The normalized spacial score (nSPS) is 22.1. The van der Waals surface area contributed by atoms with Crippen molar-refractivity contribution < 1.29 is 4.79 Å². The van der Waals surface area contributed by atoms with Crippen molar-refractivity contribution in [3.8, 4) is 0 Å². The highest BCUT2D eigenvalue weighted by Gasteiger charge is 2.34. The number of benzene rings is 1. The second kappa shape index (κ2) is 5.86. The fourth-order valence-electron chi connectivity index (χ4n) is 3.69. The van der Waals surface area contributed by atoms with Gasteiger partial charge in [0, 0.05) is 24.8 Å². The summed E-state index contributed by atoms with van der Waals surface area (Å²) in [6.07, 6.45) is 6.24. The van der Waals surface area contributed by atoms with Gasteiger partial charge < -0.3 is 10.2 Å². The zero-order valence-corrected chi connectivity index (χ0v) is 12.3. The Kier molecular flexibility index (Phi) is 3.95. The Morgan fingerprint density at radius 2 is 2.00 bits per heavy atom. The minimum atomic E-state index is 0.00748. The lowest BCUT2D eigenvalue weighted by atomic mass is 9.92. The molecule has 1 fully saturated rings. The van der Waals surface area contributed by atoms with Crippen molar-refractivity contribution in [3.63, 3.8) is 0 Å². The molecule has 0 bridgehead atoms. The number of likely N-dealkylation sites (N-methyl/N-ethyl adjacent to an activating group) is 1. The topological polar surface area (TPSA) is 32.3 Å². The fraction of sp³-hybridized carbons (Fsp3) is 0.588. The summed E-state index contributed by atoms with van der Waals surface area (Å²) >= 11 is 0. The van der Waals surface area contributed by atoms with Crippen molar-refractivity contribution in [3.05, 3.63) is 29.8 Å². The minimum Gasteiger partial charge on any atom is -0.384 e. The summed E-state index contributed by atoms with van der Waals surface area (Å²) in [5.41, 5.74) is 2.30. The van der Waals surface area contributed by atoms with Gasteiger partial charge in [-0.2, -0.15) is 0 Å². The number of hydrogen-bond donors (Lipinski definition) is 1. The number of anilines is 1. The molecular formula is C17H24N2O. The molecule has 20 heavy (non-hydrogen) atoms. The number of fused-ring (bicyclic) bond motifs is 1. The Labute approximate surface area is 121 Å². The number of para-hydroxylation sites is 1. The highest BCUT2D eigenvalue weighted by molar-refractivity contribution is 5.88. The van der Waals surface area contributed by atoms with Gasteiger partial charge in [0.15, 0.2) is 0 Å². The van der Waals surface area contributed by atoms with Gasteiger partial charge >= 0.3 is 0 Å². The Morgan fingerprint density at radius 3 is 2.75 bits per heavy atom. The van der Waals surface area contributed by atoms with Crippen LogP contribution in [0.5, 0.6) is 0 Å². The van der Waals surface area contributed by atoms with Gasteiger partial charge in [0.1, 0.15) is 0 Å². The highest BCUT2D eigenvalue weighted by Crippen LogP contribution is 2.34. The number of carbonyl (C=O) groups is 1. The molecule has 3 heteroatoms. The van der Waals surface area contributed by atoms with Crippen molar-refractivity contribution in [1.82, 2.24) is 4.90 Å². The maximum absolute atomic E-state index is 12.9. The van der Waals surface area contributed by atoms with Crippen LogP contribution in [0.25, 0.3) is 0 Å². The van der Waals surface area contributed by atoms with Crippen LogP contribution < -0.4 is 5.32 Å². The smallest absolute Gasteiger partial charge is 0.232 e. The van der Waals surface area contributed by atoms with Crippen LogP contribution in [0.4, 0.5) is 5.69 Å². The lowest BCUT2D eigenvalue weighted by Crippen LogP contribution is -2.44. The van der Waals surface area contributed by atoms with Gasteiger partial charge in [0.05, 0.1) is 5.92 Å². The summed E-state index contributed by atoms with van der Waals surface area (Å²) in [6, 6.07) is 8.68. The highest BCUT2D eigenvalue weighted by atomic mass is 16.2. The molecule has 1 amide bonds. The third kappa shape index (κ3) is 2.41. The maximum Gasteiger partial charge on any atom is 0.232 e. The molecule has 1 aromatic rings. The Morgan fingerprint density at radius 1 is 1.25 bits per heavy atom. The van der Waals surface area contributed by atoms with E-state index in [2.05, 4.69) is 29.3 Å². The largest absolute Gasteiger partial charge is 0.384 e. The number of nitrogens with zero attached hydrogens (tertiary/aromatic N) is 1. The lowest BCUT2D eigenvalue weighted by Gasteiger charge is -2.35. The van der Waals surface area contributed by atoms with Crippen molar-refractivity contribution in [1.29, 1.82) is 0 Å². The molecule has 1 saturated carbocycles. The van der Waals surface area contributed by atoms with Crippen molar-refractivity contribution in [2.75, 3.05) is 18.4 Å². The summed E-state index contributed by atoms with van der Waals surface area (Å²) in [6.45, 7) is 3.70. The Hall–Kier alpha value is -1.51. The van der Waals surface area contributed by atoms with Gasteiger partial charge in [-0.15, -0.1) is 0 Å². The van der Waals surface area contributed by atoms with Crippen LogP contribution in [0.15, 0.2) is 24.3 Å². The van der Waals surface area contributed by atoms with E-state index < -0.39 is 0 Å². The molecule has 3 rings (SSSR count). The third-order valence-corrected chi connectivity index (χ3v) is 4.77. The molecule has 2 aliphatic rings. The molecule has 1 heterocycles. The van der Waals surface area contributed by atoms with Gasteiger partial charge in [-0.3, -0.25) is 4.79 Å². The summed E-state index contributed by atoms with van der Waals surface area (Å²) in [7, 11) is 0. The van der Waals surface area contributed by atoms with E-state index in [0.717, 1.165) is 18.8 Å². The van der Waals surface area contributed by atoms with E-state index >= 15 is 0 Å². The average Bonchev–Trinajstić information content (AvgIpc) is 2.93. The molecule has 1 N–H and O–H groups in total. The first-order valence-corrected chi connectivity index (χ1v) is 7.94. The molecule has 0 saturated heterocycles. The Balaban J connectivity index is 1.77. The molecule has 0 radical (unpaired) electrons. The molecule has 108 valence electrons. The molecule has 1 unspecified atom stereocenters. The molecule has 1 aliphatic carbocycles. The molecule has 0 spiro atoms. The van der Waals surface area contributed by atoms with Crippen LogP contribution in [0, 0.1) is 0 Å². The number of hydrogen-bond acceptors (Lipinski definition) is 2. The maximum atomic E-state index is 12.9. The first kappa shape index (κ1) is 13.5. The summed E-state index contributed by atoms with van der Waals surface area (Å²) in [4.78, 5) is 15.1. The van der Waals surface area contributed by atoms with Crippen LogP contribution in [0.3, 0.4) is 0 Å². The SMILES string of the molecule is CCN(C(=O)C1CNc2ccccc21)C1CCCCC1. The fourth-order valence-corrected chi connectivity index (χ4v) is 3.69. The first-order valence-electron chi connectivity index (χ1n) is 7.94. The van der Waals surface area contributed by atoms with E-state index in [0.29, 0.717) is 11.9 Å². The number of nitrogens with one attached hydrogen (secondary N) is 1. The van der Waals surface area contributed by atoms with E-state index in [1.54, 1.807) is 0 Å². The molecular weight excluding hydrogens is 248 g/mol. The van der Waals surface area contributed by atoms with Gasteiger partial charge in [-0.05, 0) is 31.4 Å². The zero-order valence-electron chi connectivity index (χ0n) is 12.3. The quantitative estimate of drug-likeness (QED) is 0.915. The summed E-state index contributed by atoms with van der Waals surface area (Å²) in [5, 5.41) is 3.37. The van der Waals surface area contributed by atoms with E-state index in [4.69, 9.17) is 0 Å². The summed E-state index contributed by atoms with van der Waals surface area (Å²) < 4.78 is 0. The van der Waals surface area contributed by atoms with E-state index in [9.17, 15) is 4.79 Å². The van der Waals surface area contributed by atoms with Crippen molar-refractivity contribution in [2.24, 2.45) is 0 Å². The molecule has 1 aliphatic heterocycles. The molecule has 3 nitrogen and oxygen atoms in total. The van der Waals surface area contributed by atoms with Crippen LogP contribution in [0.1, 0.15) is 50.5 Å². The van der Waals surface area contributed by atoms with Gasteiger partial charge in [-0.1, -0.05) is 37.5 Å². The van der Waals surface area contributed by atoms with Gasteiger partial charge in [-0.25, -0.2) is 0 Å². The number of carbonyl (C=O) groups excluding carboxylic acids is 1. The number of rotatable bonds is 3. The number of amides is 1. The zero-order chi connectivity index (χ0) is 13.9. The standard InChI is InChI=1S/C17H24N2O/c1-2-19(13-8-4-3-5-9-13)17(20)15-12-18-16-11-7-6-10-14(15)16/h6-7,10-11,13,15,18H,2-5,8-9,12H2,1H3. The first-order chi connectivity index (χ1) is 9.81. The lowest BCUT2D eigenvalue weighted by molar-refractivity contribution is -0.135. The van der Waals surface area contributed by atoms with Crippen molar-refractivity contribution in [2.45, 2.75) is 51.0 Å². The second-order valence-corrected chi connectivity index (χ2v) is 5.94. The van der Waals surface area contributed by atoms with Crippen molar-refractivity contribution >= 4 is 11.6 Å². The average molecular weight is 272 g/mol. The summed E-state index contributed by atoms with van der Waals surface area (Å²) in [5.74, 6) is 0.324. The predicted molar refractivity (Wildman–Crippen MR) is 81.9 cm³/mol. The predicted octanol–water partition coefficient (Wildman–Crippen LogP) is 3.38.